The van der Waals surface area contributed by atoms with Gasteiger partial charge in [-0.1, -0.05) is 69.0 Å². The average Bonchev–Trinajstić information content (AvgIpc) is 3.42. The van der Waals surface area contributed by atoms with Gasteiger partial charge < -0.3 is 10.6 Å². The van der Waals surface area contributed by atoms with Gasteiger partial charge >= 0.3 is 0 Å². The van der Waals surface area contributed by atoms with Crippen LogP contribution in [0.2, 0.25) is 5.02 Å². The van der Waals surface area contributed by atoms with Crippen molar-refractivity contribution in [3.05, 3.63) is 93.8 Å². The van der Waals surface area contributed by atoms with Crippen molar-refractivity contribution >= 4 is 40.6 Å². The van der Waals surface area contributed by atoms with Gasteiger partial charge in [0.25, 0.3) is 0 Å². The zero-order chi connectivity index (χ0) is 29.8. The van der Waals surface area contributed by atoms with E-state index < -0.39 is 28.7 Å². The number of nitrogens with one attached hydrogen (secondary N) is 3. The molecule has 0 aromatic heterocycles. The Bertz CT molecular complexity index is 1590. The van der Waals surface area contributed by atoms with Crippen molar-refractivity contribution in [3.8, 4) is 0 Å². The van der Waals surface area contributed by atoms with Crippen molar-refractivity contribution < 1.29 is 21.6 Å². The molecule has 2 fully saturated rings. The topological polar surface area (TPSA) is 87.3 Å². The SMILES string of the molecule is Cc1ccc2c(c1)NC(=O)[C@]21[C@@H](c2cccc(Cl)c2F)[C@H](C(=O)Nc2ccc(C(=O)C(C)C)cc2)NC12CCCCC2.[HH].[HH]. The maximum Gasteiger partial charge on any atom is 0.242 e. The lowest BCUT2D eigenvalue weighted by atomic mass is 9.55. The van der Waals surface area contributed by atoms with E-state index in [4.69, 9.17) is 11.6 Å². The summed E-state index contributed by atoms with van der Waals surface area (Å²) in [6.45, 7) is 5.65. The molecule has 222 valence electrons. The number of carbonyl (C=O) groups is 3. The Morgan fingerprint density at radius 2 is 1.76 bits per heavy atom. The average molecular weight is 592 g/mol. The predicted octanol–water partition coefficient (Wildman–Crippen LogP) is 7.41. The normalized spacial score (nSPS) is 24.2. The van der Waals surface area contributed by atoms with Crippen LogP contribution in [0.3, 0.4) is 0 Å². The van der Waals surface area contributed by atoms with E-state index in [0.29, 0.717) is 29.8 Å². The van der Waals surface area contributed by atoms with Crippen LogP contribution in [0, 0.1) is 18.7 Å². The van der Waals surface area contributed by atoms with Crippen molar-refractivity contribution in [2.45, 2.75) is 75.8 Å². The molecule has 3 aliphatic rings. The van der Waals surface area contributed by atoms with Gasteiger partial charge in [-0.05, 0) is 72.9 Å². The zero-order valence-electron chi connectivity index (χ0n) is 24.0. The lowest BCUT2D eigenvalue weighted by Crippen LogP contribution is -2.60. The summed E-state index contributed by atoms with van der Waals surface area (Å²) in [5, 5.41) is 9.69. The van der Waals surface area contributed by atoms with Gasteiger partial charge in [-0.2, -0.15) is 0 Å². The summed E-state index contributed by atoms with van der Waals surface area (Å²) >= 11 is 6.32. The molecule has 3 N–H and O–H groups in total. The highest BCUT2D eigenvalue weighted by Crippen LogP contribution is 2.62. The van der Waals surface area contributed by atoms with Crippen molar-refractivity contribution in [2.75, 3.05) is 10.6 Å². The fourth-order valence-electron chi connectivity index (χ4n) is 7.63. The van der Waals surface area contributed by atoms with Crippen LogP contribution in [-0.4, -0.2) is 29.2 Å². The number of benzene rings is 3. The van der Waals surface area contributed by atoms with E-state index in [0.717, 1.165) is 30.4 Å². The van der Waals surface area contributed by atoms with Crippen molar-refractivity contribution in [2.24, 2.45) is 5.92 Å². The van der Waals surface area contributed by atoms with Crippen molar-refractivity contribution in [3.63, 3.8) is 0 Å². The van der Waals surface area contributed by atoms with E-state index >= 15 is 4.39 Å². The first-order valence-electron chi connectivity index (χ1n) is 14.7. The molecule has 6 rings (SSSR count). The van der Waals surface area contributed by atoms with Gasteiger partial charge in [0.15, 0.2) is 5.78 Å². The number of anilines is 2. The Kier molecular flexibility index (Phi) is 7.22. The van der Waals surface area contributed by atoms with Gasteiger partial charge in [0.2, 0.25) is 11.8 Å². The van der Waals surface area contributed by atoms with Gasteiger partial charge in [-0.3, -0.25) is 19.7 Å². The smallest absolute Gasteiger partial charge is 0.242 e. The Labute approximate surface area is 253 Å². The quantitative estimate of drug-likeness (QED) is 0.270. The Hall–Kier alpha value is -3.55. The number of amides is 2. The number of fused-ring (bicyclic) bond motifs is 3. The molecule has 2 aliphatic heterocycles. The number of aryl methyl sites for hydroxylation is 1. The third kappa shape index (κ3) is 4.28. The summed E-state index contributed by atoms with van der Waals surface area (Å²) in [6, 6.07) is 16.5. The molecule has 0 radical (unpaired) electrons. The Balaban J connectivity index is 0.00000221. The number of carbonyl (C=O) groups excluding carboxylic acids is 3. The van der Waals surface area contributed by atoms with E-state index in [1.165, 1.54) is 6.07 Å². The lowest BCUT2D eigenvalue weighted by molar-refractivity contribution is -0.124. The second-order valence-electron chi connectivity index (χ2n) is 12.3. The molecule has 1 saturated carbocycles. The molecule has 0 bridgehead atoms. The second-order valence-corrected chi connectivity index (χ2v) is 12.7. The third-order valence-corrected chi connectivity index (χ3v) is 9.75. The van der Waals surface area contributed by atoms with E-state index in [2.05, 4.69) is 16.0 Å². The van der Waals surface area contributed by atoms with Crippen LogP contribution in [0.4, 0.5) is 15.8 Å². The maximum atomic E-state index is 16.0. The highest BCUT2D eigenvalue weighted by atomic mass is 35.5. The second kappa shape index (κ2) is 10.6. The molecular weight excluding hydrogens is 553 g/mol. The fraction of sp³-hybridized carbons (Fsp3) is 0.382. The first-order chi connectivity index (χ1) is 20.1. The molecule has 3 atom stereocenters. The van der Waals surface area contributed by atoms with E-state index in [9.17, 15) is 14.4 Å². The van der Waals surface area contributed by atoms with Crippen LogP contribution in [0.5, 0.6) is 0 Å². The summed E-state index contributed by atoms with van der Waals surface area (Å²) < 4.78 is 16.0. The minimum Gasteiger partial charge on any atom is -0.325 e. The standard InChI is InChI=1S/C34H35ClFN3O3.2H2/c1-19(2)30(40)21-11-13-22(14-12-21)37-31(41)29-27(23-8-7-9-25(35)28(23)36)34(33(39-29)16-5-4-6-17-33)24-15-10-20(3)18-26(24)38-32(34)42;;/h7-15,18-19,27,29,39H,4-6,16-17H2,1-3H3,(H,37,41)(H,38,42);2*1H/t27-,29+,34+;;/m0../s1. The number of rotatable bonds is 5. The molecular formula is C34H39ClFN3O3. The number of Topliss-reactive ketones (excluding diaryl/α,β-unsaturated/α-hetero) is 1. The minimum absolute atomic E-state index is 0. The van der Waals surface area contributed by atoms with E-state index in [1.807, 2.05) is 39.0 Å². The highest BCUT2D eigenvalue weighted by molar-refractivity contribution is 6.30. The van der Waals surface area contributed by atoms with Crippen LogP contribution >= 0.6 is 11.6 Å². The molecule has 2 spiro atoms. The number of hydrogen-bond acceptors (Lipinski definition) is 4. The maximum absolute atomic E-state index is 16.0. The van der Waals surface area contributed by atoms with Crippen LogP contribution in [-0.2, 0) is 15.0 Å². The summed E-state index contributed by atoms with van der Waals surface area (Å²) in [5.74, 6) is -2.23. The molecule has 1 saturated heterocycles. The lowest BCUT2D eigenvalue weighted by Gasteiger charge is -2.47. The molecule has 3 aromatic carbocycles. The monoisotopic (exact) mass is 591 g/mol. The molecule has 6 nitrogen and oxygen atoms in total. The number of ketones is 1. The summed E-state index contributed by atoms with van der Waals surface area (Å²) in [5.41, 5.74) is 1.78. The Morgan fingerprint density at radius 3 is 2.45 bits per heavy atom. The van der Waals surface area contributed by atoms with Crippen molar-refractivity contribution in [1.82, 2.24) is 5.32 Å². The third-order valence-electron chi connectivity index (χ3n) is 9.46. The molecule has 3 aromatic rings. The summed E-state index contributed by atoms with van der Waals surface area (Å²) in [6.07, 6.45) is 4.13. The van der Waals surface area contributed by atoms with Crippen molar-refractivity contribution in [1.29, 1.82) is 0 Å². The fourth-order valence-corrected chi connectivity index (χ4v) is 7.81. The summed E-state index contributed by atoms with van der Waals surface area (Å²) in [4.78, 5) is 41.1. The van der Waals surface area contributed by atoms with Crippen LogP contribution in [0.1, 0.15) is 81.8 Å². The van der Waals surface area contributed by atoms with Gasteiger partial charge in [-0.25, -0.2) is 4.39 Å². The number of halogens is 2. The van der Waals surface area contributed by atoms with Crippen LogP contribution in [0.25, 0.3) is 0 Å². The van der Waals surface area contributed by atoms with E-state index in [1.54, 1.807) is 36.4 Å². The molecule has 8 heteroatoms. The largest absolute Gasteiger partial charge is 0.325 e. The highest BCUT2D eigenvalue weighted by Gasteiger charge is 2.72. The Morgan fingerprint density at radius 1 is 1.05 bits per heavy atom. The minimum atomic E-state index is -1.24. The molecule has 1 aliphatic carbocycles. The first kappa shape index (κ1) is 28.6. The first-order valence-corrected chi connectivity index (χ1v) is 15.1. The van der Waals surface area contributed by atoms with Crippen LogP contribution < -0.4 is 16.0 Å². The van der Waals surface area contributed by atoms with Gasteiger partial charge in [-0.15, -0.1) is 0 Å². The van der Waals surface area contributed by atoms with E-state index in [-0.39, 0.29) is 37.0 Å². The molecule has 2 amide bonds. The zero-order valence-corrected chi connectivity index (χ0v) is 24.8. The molecule has 0 unspecified atom stereocenters. The van der Waals surface area contributed by atoms with Gasteiger partial charge in [0, 0.05) is 37.2 Å². The molecule has 2 heterocycles. The van der Waals surface area contributed by atoms with Gasteiger partial charge in [0.05, 0.1) is 11.1 Å². The van der Waals surface area contributed by atoms with Crippen LogP contribution in [0.15, 0.2) is 60.7 Å². The number of hydrogen-bond donors (Lipinski definition) is 3. The molecule has 42 heavy (non-hydrogen) atoms. The summed E-state index contributed by atoms with van der Waals surface area (Å²) in [7, 11) is 0. The predicted molar refractivity (Wildman–Crippen MR) is 167 cm³/mol. The van der Waals surface area contributed by atoms with Gasteiger partial charge in [0.1, 0.15) is 11.2 Å².